The Balaban J connectivity index is 3.75. The van der Waals surface area contributed by atoms with Gasteiger partial charge >= 0.3 is 7.82 Å². The van der Waals surface area contributed by atoms with Gasteiger partial charge in [0, 0.05) is 0 Å². The SMILES string of the molecule is CC(C)OP(=O)(O)OCN. The van der Waals surface area contributed by atoms with Crippen molar-refractivity contribution < 1.29 is 18.5 Å². The minimum atomic E-state index is -3.87. The highest BCUT2D eigenvalue weighted by atomic mass is 31.2. The highest BCUT2D eigenvalue weighted by molar-refractivity contribution is 7.47. The predicted octanol–water partition coefficient (Wildman–Crippen LogP) is 0.445. The fraction of sp³-hybridized carbons (Fsp3) is 1.00. The molecule has 62 valence electrons. The summed E-state index contributed by atoms with van der Waals surface area (Å²) in [5.41, 5.74) is 4.86. The second-order valence-electron chi connectivity index (χ2n) is 1.92. The van der Waals surface area contributed by atoms with Crippen molar-refractivity contribution in [2.45, 2.75) is 20.0 Å². The third kappa shape index (κ3) is 4.90. The zero-order valence-corrected chi connectivity index (χ0v) is 6.88. The van der Waals surface area contributed by atoms with Crippen LogP contribution in [0, 0.1) is 0 Å². The molecule has 0 saturated carbocycles. The molecule has 0 heterocycles. The molecule has 0 rings (SSSR count). The van der Waals surface area contributed by atoms with E-state index in [4.69, 9.17) is 10.6 Å². The molecule has 0 aromatic heterocycles. The van der Waals surface area contributed by atoms with Gasteiger partial charge < -0.3 is 10.6 Å². The van der Waals surface area contributed by atoms with E-state index in [-0.39, 0.29) is 12.8 Å². The lowest BCUT2D eigenvalue weighted by atomic mass is 10.5. The summed E-state index contributed by atoms with van der Waals surface area (Å²) in [6.07, 6.45) is -0.345. The average Bonchev–Trinajstić information content (AvgIpc) is 1.59. The zero-order chi connectivity index (χ0) is 8.20. The number of hydrogen-bond donors (Lipinski definition) is 2. The average molecular weight is 169 g/mol. The highest BCUT2D eigenvalue weighted by Crippen LogP contribution is 2.43. The van der Waals surface area contributed by atoms with Gasteiger partial charge in [0.15, 0.2) is 0 Å². The van der Waals surface area contributed by atoms with E-state index in [1.807, 2.05) is 0 Å². The molecule has 0 aliphatic heterocycles. The fourth-order valence-corrected chi connectivity index (χ4v) is 1.17. The Bertz CT molecular complexity index is 137. The zero-order valence-electron chi connectivity index (χ0n) is 5.98. The molecule has 0 saturated heterocycles. The van der Waals surface area contributed by atoms with Gasteiger partial charge in [0.05, 0.1) is 6.10 Å². The van der Waals surface area contributed by atoms with Crippen LogP contribution in [0.25, 0.3) is 0 Å². The lowest BCUT2D eigenvalue weighted by Gasteiger charge is -2.12. The van der Waals surface area contributed by atoms with Gasteiger partial charge in [-0.3, -0.25) is 9.05 Å². The topological polar surface area (TPSA) is 81.8 Å². The van der Waals surface area contributed by atoms with Crippen molar-refractivity contribution in [2.24, 2.45) is 5.73 Å². The first-order chi connectivity index (χ1) is 4.48. The molecule has 0 radical (unpaired) electrons. The number of phosphoric ester groups is 1. The summed E-state index contributed by atoms with van der Waals surface area (Å²) < 4.78 is 19.3. The molecule has 0 aliphatic rings. The molecule has 6 heteroatoms. The molecule has 0 aromatic rings. The molecule has 0 aromatic carbocycles. The Kier molecular flexibility index (Phi) is 4.08. The van der Waals surface area contributed by atoms with E-state index in [9.17, 15) is 4.57 Å². The summed E-state index contributed by atoms with van der Waals surface area (Å²) in [4.78, 5) is 8.72. The summed E-state index contributed by atoms with van der Waals surface area (Å²) in [6.45, 7) is 2.94. The largest absolute Gasteiger partial charge is 0.473 e. The van der Waals surface area contributed by atoms with Crippen LogP contribution in [0.15, 0.2) is 0 Å². The van der Waals surface area contributed by atoms with Crippen LogP contribution in [0.4, 0.5) is 0 Å². The first-order valence-corrected chi connectivity index (χ1v) is 4.33. The standard InChI is InChI=1S/C4H12NO4P/c1-4(2)9-10(6,7)8-3-5/h4H,3,5H2,1-2H3,(H,6,7). The van der Waals surface area contributed by atoms with E-state index in [1.54, 1.807) is 13.8 Å². The minimum Gasteiger partial charge on any atom is -0.308 e. The fourth-order valence-electron chi connectivity index (χ4n) is 0.391. The Morgan fingerprint density at radius 2 is 2.20 bits per heavy atom. The summed E-state index contributed by atoms with van der Waals surface area (Å²) in [5.74, 6) is 0. The Morgan fingerprint density at radius 1 is 1.70 bits per heavy atom. The number of hydrogen-bond acceptors (Lipinski definition) is 4. The lowest BCUT2D eigenvalue weighted by molar-refractivity contribution is 0.123. The molecule has 0 fully saturated rings. The molecule has 0 amide bonds. The first-order valence-electron chi connectivity index (χ1n) is 2.84. The minimum absolute atomic E-state index is 0.319. The molecular formula is C4H12NO4P. The quantitative estimate of drug-likeness (QED) is 0.471. The van der Waals surface area contributed by atoms with Crippen LogP contribution < -0.4 is 5.73 Å². The van der Waals surface area contributed by atoms with Crippen molar-refractivity contribution in [2.75, 3.05) is 6.73 Å². The second kappa shape index (κ2) is 4.05. The molecule has 5 nitrogen and oxygen atoms in total. The molecular weight excluding hydrogens is 157 g/mol. The summed E-state index contributed by atoms with van der Waals surface area (Å²) in [5, 5.41) is 0. The van der Waals surface area contributed by atoms with Gasteiger partial charge in [-0.25, -0.2) is 4.57 Å². The van der Waals surface area contributed by atoms with Crippen LogP contribution in [-0.2, 0) is 13.6 Å². The van der Waals surface area contributed by atoms with Crippen LogP contribution in [0.1, 0.15) is 13.8 Å². The third-order valence-electron chi connectivity index (χ3n) is 0.582. The number of nitrogens with two attached hydrogens (primary N) is 1. The molecule has 0 spiro atoms. The Hall–Kier alpha value is 0.0700. The summed E-state index contributed by atoms with van der Waals surface area (Å²) in [6, 6.07) is 0. The number of phosphoric acid groups is 1. The Morgan fingerprint density at radius 3 is 2.50 bits per heavy atom. The van der Waals surface area contributed by atoms with Crippen molar-refractivity contribution in [1.29, 1.82) is 0 Å². The van der Waals surface area contributed by atoms with Crippen LogP contribution in [0.5, 0.6) is 0 Å². The van der Waals surface area contributed by atoms with Gasteiger partial charge in [0.1, 0.15) is 6.73 Å². The van der Waals surface area contributed by atoms with Gasteiger partial charge in [-0.1, -0.05) is 0 Å². The molecule has 0 aliphatic carbocycles. The maximum Gasteiger partial charge on any atom is 0.473 e. The van der Waals surface area contributed by atoms with Crippen LogP contribution in [0.2, 0.25) is 0 Å². The van der Waals surface area contributed by atoms with Crippen LogP contribution in [-0.4, -0.2) is 17.7 Å². The number of rotatable bonds is 4. The third-order valence-corrected chi connectivity index (χ3v) is 1.75. The van der Waals surface area contributed by atoms with E-state index in [2.05, 4.69) is 9.05 Å². The van der Waals surface area contributed by atoms with Crippen molar-refractivity contribution in [3.05, 3.63) is 0 Å². The van der Waals surface area contributed by atoms with E-state index < -0.39 is 7.82 Å². The van der Waals surface area contributed by atoms with E-state index in [0.717, 1.165) is 0 Å². The van der Waals surface area contributed by atoms with Crippen molar-refractivity contribution in [3.63, 3.8) is 0 Å². The van der Waals surface area contributed by atoms with Gasteiger partial charge in [0.25, 0.3) is 0 Å². The van der Waals surface area contributed by atoms with Crippen LogP contribution in [0.3, 0.4) is 0 Å². The highest BCUT2D eigenvalue weighted by Gasteiger charge is 2.21. The molecule has 1 atom stereocenters. The van der Waals surface area contributed by atoms with Gasteiger partial charge in [0.2, 0.25) is 0 Å². The van der Waals surface area contributed by atoms with Gasteiger partial charge in [-0.05, 0) is 13.8 Å². The van der Waals surface area contributed by atoms with E-state index in [0.29, 0.717) is 0 Å². The summed E-state index contributed by atoms with van der Waals surface area (Å²) >= 11 is 0. The van der Waals surface area contributed by atoms with E-state index >= 15 is 0 Å². The molecule has 1 unspecified atom stereocenters. The smallest absolute Gasteiger partial charge is 0.308 e. The van der Waals surface area contributed by atoms with Gasteiger partial charge in [-0.2, -0.15) is 0 Å². The lowest BCUT2D eigenvalue weighted by Crippen LogP contribution is -2.07. The molecule has 3 N–H and O–H groups in total. The maximum absolute atomic E-state index is 10.7. The normalized spacial score (nSPS) is 17.3. The van der Waals surface area contributed by atoms with E-state index in [1.165, 1.54) is 0 Å². The molecule has 10 heavy (non-hydrogen) atoms. The van der Waals surface area contributed by atoms with Crippen molar-refractivity contribution in [3.8, 4) is 0 Å². The maximum atomic E-state index is 10.7. The summed E-state index contributed by atoms with van der Waals surface area (Å²) in [7, 11) is -3.87. The monoisotopic (exact) mass is 169 g/mol. The second-order valence-corrected chi connectivity index (χ2v) is 3.32. The Labute approximate surface area is 59.7 Å². The first kappa shape index (κ1) is 10.1. The van der Waals surface area contributed by atoms with Crippen molar-refractivity contribution in [1.82, 2.24) is 0 Å². The van der Waals surface area contributed by atoms with Crippen LogP contribution >= 0.6 is 7.82 Å². The molecule has 0 bridgehead atoms. The van der Waals surface area contributed by atoms with Gasteiger partial charge in [-0.15, -0.1) is 0 Å². The van der Waals surface area contributed by atoms with Crippen molar-refractivity contribution >= 4 is 7.82 Å². The predicted molar refractivity (Wildman–Crippen MR) is 36.2 cm³/mol.